The van der Waals surface area contributed by atoms with E-state index in [-0.39, 0.29) is 29.4 Å². The molecule has 234 valence electrons. The lowest BCUT2D eigenvalue weighted by molar-refractivity contribution is -0.832. The average molecular weight is 630 g/mol. The van der Waals surface area contributed by atoms with Gasteiger partial charge in [0.1, 0.15) is 0 Å². The van der Waals surface area contributed by atoms with Crippen LogP contribution in [-0.4, -0.2) is 57.6 Å². The first kappa shape index (κ1) is 33.4. The number of sulfone groups is 1. The van der Waals surface area contributed by atoms with E-state index in [4.69, 9.17) is 24.2 Å². The third-order valence-electron chi connectivity index (χ3n) is 5.83. The van der Waals surface area contributed by atoms with E-state index in [2.05, 4.69) is 21.6 Å². The van der Waals surface area contributed by atoms with Crippen LogP contribution in [0.2, 0.25) is 0 Å². The number of nitrogens with one attached hydrogen (secondary N) is 1. The van der Waals surface area contributed by atoms with E-state index in [1.54, 1.807) is 29.7 Å². The third-order valence-corrected chi connectivity index (χ3v) is 7.55. The van der Waals surface area contributed by atoms with Crippen LogP contribution in [0.3, 0.4) is 0 Å². The van der Waals surface area contributed by atoms with Crippen molar-refractivity contribution in [3.05, 3.63) is 65.4 Å². The van der Waals surface area contributed by atoms with Crippen LogP contribution in [0.5, 0.6) is 17.4 Å². The van der Waals surface area contributed by atoms with Crippen molar-refractivity contribution in [1.29, 1.82) is 0 Å². The monoisotopic (exact) mass is 629 g/mol. The number of methoxy groups -OCH3 is 1. The molecule has 0 aliphatic heterocycles. The van der Waals surface area contributed by atoms with Gasteiger partial charge in [-0.3, -0.25) is 14.6 Å². The quantitative estimate of drug-likeness (QED) is 0.0449. The first-order valence-electron chi connectivity index (χ1n) is 13.3. The smallest absolute Gasteiger partial charge is 0.415 e. The number of benzene rings is 2. The number of amides is 1. The number of carbonyl (C=O) groups excluding carboxylic acids is 2. The van der Waals surface area contributed by atoms with Gasteiger partial charge in [0.15, 0.2) is 24.7 Å². The highest BCUT2D eigenvalue weighted by molar-refractivity contribution is 7.91. The number of nitrogens with zero attached hydrogens (tertiary/aromatic N) is 2. The summed E-state index contributed by atoms with van der Waals surface area (Å²) in [5.74, 6) is 4.50. The first-order chi connectivity index (χ1) is 21.3. The van der Waals surface area contributed by atoms with Crippen LogP contribution in [0, 0.1) is 17.0 Å². The molecule has 1 aromatic heterocycles. The summed E-state index contributed by atoms with van der Waals surface area (Å²) in [5.41, 5.74) is 2.27. The van der Waals surface area contributed by atoms with E-state index >= 15 is 0 Å². The number of esters is 1. The number of unbranched alkanes of at least 4 members (excludes halogenated alkanes) is 3. The van der Waals surface area contributed by atoms with Gasteiger partial charge >= 0.3 is 16.9 Å². The van der Waals surface area contributed by atoms with E-state index in [1.807, 2.05) is 0 Å². The second kappa shape index (κ2) is 17.1. The van der Waals surface area contributed by atoms with Crippen molar-refractivity contribution in [2.24, 2.45) is 0 Å². The number of carbonyl (C=O) groups is 2. The molecule has 2 aromatic carbocycles. The number of aromatic nitrogens is 2. The van der Waals surface area contributed by atoms with Gasteiger partial charge in [-0.15, -0.1) is 0 Å². The standard InChI is InChI=1S/C29H31N3O11S/c1-39-25-21-22(14-16-24(25)40-18-8-3-2-7-13-26(33)30-35)15-17-27(34)41-19-9-10-20-42-28-29(32(36)43-31-28)44(37,38)23-11-5-4-6-12-23/h4-6,11-12,14-17,21,35H,2-3,7-8,13,18-20H2,1H3,(H,30,33). The molecule has 0 saturated carbocycles. The Morgan fingerprint density at radius 1 is 1.05 bits per heavy atom. The minimum absolute atomic E-state index is 0.140. The summed E-state index contributed by atoms with van der Waals surface area (Å²) in [6.07, 6.45) is 6.18. The number of rotatable bonds is 16. The highest BCUT2D eigenvalue weighted by Gasteiger charge is 2.35. The Morgan fingerprint density at radius 3 is 2.55 bits per heavy atom. The van der Waals surface area contributed by atoms with Gasteiger partial charge in [-0.25, -0.2) is 18.7 Å². The number of ether oxygens (including phenoxy) is 4. The number of hydroxylamine groups is 1. The fourth-order valence-corrected chi connectivity index (χ4v) is 4.95. The van der Waals surface area contributed by atoms with Gasteiger partial charge in [-0.1, -0.05) is 48.9 Å². The zero-order valence-electron chi connectivity index (χ0n) is 23.8. The van der Waals surface area contributed by atoms with Gasteiger partial charge in [-0.05, 0) is 53.6 Å². The molecule has 0 fully saturated rings. The largest absolute Gasteiger partial charge is 0.493 e. The molecule has 0 unspecified atom stereocenters. The molecule has 0 spiro atoms. The average Bonchev–Trinajstić information content (AvgIpc) is 3.42. The molecule has 0 atom stereocenters. The Kier molecular flexibility index (Phi) is 13.0. The molecule has 3 aromatic rings. The fraction of sp³-hybridized carbons (Fsp3) is 0.310. The van der Waals surface area contributed by atoms with E-state index in [0.29, 0.717) is 30.1 Å². The summed E-state index contributed by atoms with van der Waals surface area (Å²) in [4.78, 5) is 22.7. The van der Waals surface area contributed by atoms with Crippen molar-refractivity contribution >= 4 is 27.8 Å². The second-order valence-corrected chi connectivity index (χ2v) is 10.8. The van der Waals surface area contributed by atoms with Gasteiger partial charge in [0.25, 0.3) is 9.84 Å². The highest BCUT2D eigenvalue weighted by atomic mass is 32.2. The minimum Gasteiger partial charge on any atom is -0.493 e. The summed E-state index contributed by atoms with van der Waals surface area (Å²) in [7, 11) is -2.75. The number of hydrogen-bond donors (Lipinski definition) is 2. The summed E-state index contributed by atoms with van der Waals surface area (Å²) in [5, 5.41) is 22.9. The molecule has 15 heteroatoms. The molecule has 3 rings (SSSR count). The molecule has 0 aliphatic carbocycles. The van der Waals surface area contributed by atoms with Crippen LogP contribution in [0.25, 0.3) is 6.08 Å². The molecular weight excluding hydrogens is 598 g/mol. The Morgan fingerprint density at radius 2 is 1.80 bits per heavy atom. The third kappa shape index (κ3) is 10.0. The van der Waals surface area contributed by atoms with Crippen molar-refractivity contribution in [2.45, 2.75) is 42.0 Å². The van der Waals surface area contributed by atoms with Crippen LogP contribution >= 0.6 is 0 Å². The Labute approximate surface area is 253 Å². The summed E-state index contributed by atoms with van der Waals surface area (Å²) in [6, 6.07) is 12.4. The summed E-state index contributed by atoms with van der Waals surface area (Å²) >= 11 is 0. The Hall–Kier alpha value is -5.07. The number of hydrogen-bond acceptors (Lipinski definition) is 12. The highest BCUT2D eigenvalue weighted by Crippen LogP contribution is 2.29. The predicted molar refractivity (Wildman–Crippen MR) is 152 cm³/mol. The maximum Gasteiger partial charge on any atom is 0.415 e. The summed E-state index contributed by atoms with van der Waals surface area (Å²) in [6.45, 7) is -0.164. The van der Waals surface area contributed by atoms with Gasteiger partial charge < -0.3 is 24.2 Å². The molecule has 14 nitrogen and oxygen atoms in total. The van der Waals surface area contributed by atoms with Crippen molar-refractivity contribution < 1.29 is 51.7 Å². The van der Waals surface area contributed by atoms with Gasteiger partial charge in [0.2, 0.25) is 5.91 Å². The molecule has 44 heavy (non-hydrogen) atoms. The second-order valence-electron chi connectivity index (χ2n) is 8.90. The van der Waals surface area contributed by atoms with Gasteiger partial charge in [0.05, 0.1) is 23.8 Å². The Balaban J connectivity index is 1.42. The normalized spacial score (nSPS) is 11.0. The van der Waals surface area contributed by atoms with Crippen LogP contribution in [-0.2, 0) is 24.2 Å². The van der Waals surface area contributed by atoms with Crippen LogP contribution in [0.4, 0.5) is 0 Å². The van der Waals surface area contributed by atoms with Gasteiger partial charge in [0, 0.05) is 12.5 Å². The van der Waals surface area contributed by atoms with Crippen molar-refractivity contribution in [3.63, 3.8) is 0 Å². The Bertz CT molecular complexity index is 1590. The lowest BCUT2D eigenvalue weighted by Crippen LogP contribution is -2.30. The van der Waals surface area contributed by atoms with Crippen LogP contribution in [0.15, 0.2) is 69.2 Å². The van der Waals surface area contributed by atoms with Crippen LogP contribution in [0.1, 0.15) is 37.7 Å². The molecule has 0 radical (unpaired) electrons. The molecule has 0 bridgehead atoms. The molecule has 1 amide bonds. The van der Waals surface area contributed by atoms with Crippen molar-refractivity contribution in [1.82, 2.24) is 10.6 Å². The van der Waals surface area contributed by atoms with E-state index in [0.717, 1.165) is 19.3 Å². The maximum absolute atomic E-state index is 12.7. The maximum atomic E-state index is 12.7. The molecule has 2 N–H and O–H groups in total. The van der Waals surface area contributed by atoms with Gasteiger partial charge in [-0.2, -0.15) is 0 Å². The van der Waals surface area contributed by atoms with E-state index in [1.165, 1.54) is 43.5 Å². The molecule has 0 aliphatic rings. The lowest BCUT2D eigenvalue weighted by Gasteiger charge is -2.11. The van der Waals surface area contributed by atoms with Crippen LogP contribution < -0.4 is 24.6 Å². The molecule has 1 heterocycles. The topological polar surface area (TPSA) is 190 Å². The zero-order chi connectivity index (χ0) is 31.8. The minimum atomic E-state index is -4.25. The van der Waals surface area contributed by atoms with E-state index < -0.39 is 32.6 Å². The summed E-state index contributed by atoms with van der Waals surface area (Å²) < 4.78 is 51.2. The first-order valence-corrected chi connectivity index (χ1v) is 14.8. The van der Waals surface area contributed by atoms with Crippen molar-refractivity contribution in [2.75, 3.05) is 26.9 Å². The molecule has 0 saturated heterocycles. The SMILES string of the molecule is COc1cc(C=CC(=O)OCC#CCOc2no[n+]([O-])c2S(=O)(=O)c2ccccc2)ccc1OCCCCCCC(=O)NO. The molecular formula is C29H31N3O11S. The van der Waals surface area contributed by atoms with Crippen molar-refractivity contribution in [3.8, 4) is 29.2 Å². The van der Waals surface area contributed by atoms with E-state index in [9.17, 15) is 23.2 Å². The fourth-order valence-electron chi connectivity index (χ4n) is 3.65. The lowest BCUT2D eigenvalue weighted by atomic mass is 10.1. The zero-order valence-corrected chi connectivity index (χ0v) is 24.6. The predicted octanol–water partition coefficient (Wildman–Crippen LogP) is 2.62.